The standard InChI is InChI=1S/C13H10Cl2/c14-9-12-11(7-4-8-13(12)15)10-5-2-1-3-6-10/h1-8H,9H2. The van der Waals surface area contributed by atoms with Crippen LogP contribution in [0, 0.1) is 0 Å². The number of hydrogen-bond donors (Lipinski definition) is 0. The van der Waals surface area contributed by atoms with Crippen LogP contribution < -0.4 is 0 Å². The Balaban J connectivity index is 2.58. The molecule has 0 bridgehead atoms. The SMILES string of the molecule is ClCc1c(Cl)cccc1-c1ccccc1. The molecule has 2 aromatic carbocycles. The van der Waals surface area contributed by atoms with Crippen molar-refractivity contribution in [1.82, 2.24) is 0 Å². The predicted octanol–water partition coefficient (Wildman–Crippen LogP) is 4.75. The fraction of sp³-hybridized carbons (Fsp3) is 0.0769. The molecule has 0 N–H and O–H groups in total. The Bertz CT molecular complexity index is 449. The lowest BCUT2D eigenvalue weighted by molar-refractivity contribution is 1.40. The van der Waals surface area contributed by atoms with Gasteiger partial charge in [0.05, 0.1) is 0 Å². The van der Waals surface area contributed by atoms with Gasteiger partial charge < -0.3 is 0 Å². The van der Waals surface area contributed by atoms with Crippen molar-refractivity contribution >= 4 is 23.2 Å². The van der Waals surface area contributed by atoms with Crippen molar-refractivity contribution in [1.29, 1.82) is 0 Å². The second-order valence-electron chi connectivity index (χ2n) is 3.27. The van der Waals surface area contributed by atoms with E-state index in [1.807, 2.05) is 36.4 Å². The van der Waals surface area contributed by atoms with Crippen molar-refractivity contribution in [2.24, 2.45) is 0 Å². The first-order chi connectivity index (χ1) is 7.33. The molecule has 2 rings (SSSR count). The van der Waals surface area contributed by atoms with Crippen LogP contribution in [-0.4, -0.2) is 0 Å². The number of halogens is 2. The molecule has 0 fully saturated rings. The summed E-state index contributed by atoms with van der Waals surface area (Å²) in [6.45, 7) is 0. The molecule has 0 saturated heterocycles. The summed E-state index contributed by atoms with van der Waals surface area (Å²) in [6.07, 6.45) is 0. The lowest BCUT2D eigenvalue weighted by Crippen LogP contribution is -1.87. The maximum Gasteiger partial charge on any atom is 0.0495 e. The number of hydrogen-bond acceptors (Lipinski definition) is 0. The van der Waals surface area contributed by atoms with Crippen molar-refractivity contribution in [2.45, 2.75) is 5.88 Å². The molecule has 0 aromatic heterocycles. The molecule has 0 amide bonds. The maximum absolute atomic E-state index is 6.09. The molecule has 0 saturated carbocycles. The topological polar surface area (TPSA) is 0 Å². The van der Waals surface area contributed by atoms with Gasteiger partial charge in [-0.2, -0.15) is 0 Å². The molecule has 0 spiro atoms. The van der Waals surface area contributed by atoms with E-state index in [-0.39, 0.29) is 0 Å². The quantitative estimate of drug-likeness (QED) is 0.661. The van der Waals surface area contributed by atoms with Crippen LogP contribution >= 0.6 is 23.2 Å². The molecule has 0 radical (unpaired) electrons. The van der Waals surface area contributed by atoms with Crippen LogP contribution in [0.5, 0.6) is 0 Å². The molecule has 0 nitrogen and oxygen atoms in total. The van der Waals surface area contributed by atoms with E-state index in [0.29, 0.717) is 5.88 Å². The summed E-state index contributed by atoms with van der Waals surface area (Å²) >= 11 is 12.0. The van der Waals surface area contributed by atoms with E-state index in [2.05, 4.69) is 12.1 Å². The second kappa shape index (κ2) is 4.69. The van der Waals surface area contributed by atoms with Gasteiger partial charge in [-0.25, -0.2) is 0 Å². The molecule has 15 heavy (non-hydrogen) atoms. The van der Waals surface area contributed by atoms with Gasteiger partial charge in [-0.15, -0.1) is 11.6 Å². The molecule has 76 valence electrons. The fourth-order valence-electron chi connectivity index (χ4n) is 1.58. The highest BCUT2D eigenvalue weighted by molar-refractivity contribution is 6.32. The molecular weight excluding hydrogens is 227 g/mol. The second-order valence-corrected chi connectivity index (χ2v) is 3.94. The predicted molar refractivity (Wildman–Crippen MR) is 66.4 cm³/mol. The average Bonchev–Trinajstić information content (AvgIpc) is 2.30. The van der Waals surface area contributed by atoms with Crippen molar-refractivity contribution < 1.29 is 0 Å². The lowest BCUT2D eigenvalue weighted by atomic mass is 10.0. The average molecular weight is 237 g/mol. The lowest BCUT2D eigenvalue weighted by Gasteiger charge is -2.08. The van der Waals surface area contributed by atoms with Crippen LogP contribution in [0.3, 0.4) is 0 Å². The van der Waals surface area contributed by atoms with Crippen LogP contribution in [0.4, 0.5) is 0 Å². The summed E-state index contributed by atoms with van der Waals surface area (Å²) in [5.41, 5.74) is 3.25. The number of benzene rings is 2. The first kappa shape index (κ1) is 10.5. The Morgan fingerprint density at radius 2 is 1.60 bits per heavy atom. The third kappa shape index (κ3) is 2.17. The number of alkyl halides is 1. The molecular formula is C13H10Cl2. The molecule has 0 aliphatic carbocycles. The van der Waals surface area contributed by atoms with Gasteiger partial charge in [0.1, 0.15) is 0 Å². The summed E-state index contributed by atoms with van der Waals surface area (Å²) in [4.78, 5) is 0. The molecule has 0 aliphatic heterocycles. The van der Waals surface area contributed by atoms with Crippen molar-refractivity contribution in [3.05, 3.63) is 59.1 Å². The molecule has 0 unspecified atom stereocenters. The normalized spacial score (nSPS) is 10.3. The van der Waals surface area contributed by atoms with Gasteiger partial charge in [0, 0.05) is 10.9 Å². The van der Waals surface area contributed by atoms with Crippen molar-refractivity contribution in [3.63, 3.8) is 0 Å². The Hall–Kier alpha value is -0.980. The van der Waals surface area contributed by atoms with Gasteiger partial charge in [0.25, 0.3) is 0 Å². The highest BCUT2D eigenvalue weighted by Gasteiger charge is 2.06. The van der Waals surface area contributed by atoms with Crippen molar-refractivity contribution in [2.75, 3.05) is 0 Å². The van der Waals surface area contributed by atoms with E-state index in [4.69, 9.17) is 23.2 Å². The van der Waals surface area contributed by atoms with Gasteiger partial charge in [-0.05, 0) is 22.8 Å². The third-order valence-electron chi connectivity index (χ3n) is 2.34. The Morgan fingerprint density at radius 3 is 2.27 bits per heavy atom. The zero-order chi connectivity index (χ0) is 10.7. The Labute approximate surface area is 99.5 Å². The molecule has 2 aromatic rings. The van der Waals surface area contributed by atoms with Crippen LogP contribution in [-0.2, 0) is 5.88 Å². The zero-order valence-corrected chi connectivity index (χ0v) is 9.59. The van der Waals surface area contributed by atoms with Crippen LogP contribution in [0.2, 0.25) is 5.02 Å². The summed E-state index contributed by atoms with van der Waals surface area (Å²) < 4.78 is 0. The van der Waals surface area contributed by atoms with Gasteiger partial charge in [-0.1, -0.05) is 54.1 Å². The molecule has 2 heteroatoms. The minimum atomic E-state index is 0.434. The van der Waals surface area contributed by atoms with E-state index in [0.717, 1.165) is 21.7 Å². The van der Waals surface area contributed by atoms with Crippen LogP contribution in [0.25, 0.3) is 11.1 Å². The number of rotatable bonds is 2. The summed E-state index contributed by atoms with van der Waals surface area (Å²) in [5, 5.41) is 0.728. The Kier molecular flexibility index (Phi) is 3.30. The Morgan fingerprint density at radius 1 is 0.867 bits per heavy atom. The fourth-order valence-corrected chi connectivity index (χ4v) is 2.18. The third-order valence-corrected chi connectivity index (χ3v) is 2.96. The molecule has 0 atom stereocenters. The monoisotopic (exact) mass is 236 g/mol. The first-order valence-corrected chi connectivity index (χ1v) is 5.63. The minimum Gasteiger partial charge on any atom is -0.121 e. The maximum atomic E-state index is 6.09. The van der Waals surface area contributed by atoms with Crippen molar-refractivity contribution in [3.8, 4) is 11.1 Å². The van der Waals surface area contributed by atoms with E-state index >= 15 is 0 Å². The highest BCUT2D eigenvalue weighted by Crippen LogP contribution is 2.30. The van der Waals surface area contributed by atoms with Gasteiger partial charge in [-0.3, -0.25) is 0 Å². The summed E-state index contributed by atoms with van der Waals surface area (Å²) in [5.74, 6) is 0.434. The van der Waals surface area contributed by atoms with Gasteiger partial charge in [0.2, 0.25) is 0 Å². The van der Waals surface area contributed by atoms with E-state index < -0.39 is 0 Å². The summed E-state index contributed by atoms with van der Waals surface area (Å²) in [6, 6.07) is 16.0. The molecule has 0 aliphatic rings. The molecule has 0 heterocycles. The van der Waals surface area contributed by atoms with Crippen LogP contribution in [0.1, 0.15) is 5.56 Å². The first-order valence-electron chi connectivity index (χ1n) is 4.71. The highest BCUT2D eigenvalue weighted by atomic mass is 35.5. The van der Waals surface area contributed by atoms with Crippen LogP contribution in [0.15, 0.2) is 48.5 Å². The zero-order valence-electron chi connectivity index (χ0n) is 8.08. The van der Waals surface area contributed by atoms with E-state index in [1.165, 1.54) is 0 Å². The minimum absolute atomic E-state index is 0.434. The summed E-state index contributed by atoms with van der Waals surface area (Å²) in [7, 11) is 0. The van der Waals surface area contributed by atoms with E-state index in [1.54, 1.807) is 0 Å². The van der Waals surface area contributed by atoms with Gasteiger partial charge in [0.15, 0.2) is 0 Å². The smallest absolute Gasteiger partial charge is 0.0495 e. The largest absolute Gasteiger partial charge is 0.121 e. The van der Waals surface area contributed by atoms with Gasteiger partial charge >= 0.3 is 0 Å². The van der Waals surface area contributed by atoms with E-state index in [9.17, 15) is 0 Å².